The van der Waals surface area contributed by atoms with Crippen LogP contribution in [-0.4, -0.2) is 26.3 Å². The van der Waals surface area contributed by atoms with Crippen LogP contribution in [0.25, 0.3) is 16.9 Å². The molecule has 1 aromatic carbocycles. The number of carbonyl (C=O) groups excluding carboxylic acids is 1. The van der Waals surface area contributed by atoms with Crippen molar-refractivity contribution in [1.82, 2.24) is 20.0 Å². The van der Waals surface area contributed by atoms with Crippen molar-refractivity contribution in [3.63, 3.8) is 0 Å². The van der Waals surface area contributed by atoms with Gasteiger partial charge in [0.25, 0.3) is 0 Å². The van der Waals surface area contributed by atoms with Gasteiger partial charge in [0.2, 0.25) is 0 Å². The van der Waals surface area contributed by atoms with E-state index in [4.69, 9.17) is 11.6 Å². The molecule has 3 aromatic rings. The summed E-state index contributed by atoms with van der Waals surface area (Å²) < 4.78 is 1.64. The number of aldehydes is 1. The van der Waals surface area contributed by atoms with Crippen LogP contribution in [0.1, 0.15) is 16.1 Å². The largest absolute Gasteiger partial charge is 0.296 e. The number of hydrogen-bond donors (Lipinski definition) is 0. The molecule has 5 nitrogen and oxygen atoms in total. The van der Waals surface area contributed by atoms with E-state index in [2.05, 4.69) is 15.3 Å². The molecule has 0 unspecified atom stereocenters. The highest BCUT2D eigenvalue weighted by molar-refractivity contribution is 6.30. The summed E-state index contributed by atoms with van der Waals surface area (Å²) in [7, 11) is 0. The molecule has 21 heavy (non-hydrogen) atoms. The summed E-state index contributed by atoms with van der Waals surface area (Å²) in [4.78, 5) is 15.2. The lowest BCUT2D eigenvalue weighted by atomic mass is 10.1. The predicted octanol–water partition coefficient (Wildman–Crippen LogP) is 3.10. The molecule has 0 spiro atoms. The lowest BCUT2D eigenvalue weighted by molar-refractivity contribution is 0.111. The Hall–Kier alpha value is -2.53. The lowest BCUT2D eigenvalue weighted by Gasteiger charge is -2.10. The van der Waals surface area contributed by atoms with Crippen molar-refractivity contribution in [3.8, 4) is 16.9 Å². The van der Waals surface area contributed by atoms with Crippen molar-refractivity contribution in [2.45, 2.75) is 6.92 Å². The van der Waals surface area contributed by atoms with E-state index in [1.54, 1.807) is 23.1 Å². The van der Waals surface area contributed by atoms with Gasteiger partial charge >= 0.3 is 0 Å². The zero-order valence-corrected chi connectivity index (χ0v) is 11.9. The highest BCUT2D eigenvalue weighted by atomic mass is 35.5. The summed E-state index contributed by atoms with van der Waals surface area (Å²) >= 11 is 5.98. The minimum Gasteiger partial charge on any atom is -0.296 e. The van der Waals surface area contributed by atoms with E-state index in [-0.39, 0.29) is 5.69 Å². The zero-order chi connectivity index (χ0) is 14.8. The molecule has 0 saturated carbocycles. The molecule has 104 valence electrons. The first kappa shape index (κ1) is 13.5. The van der Waals surface area contributed by atoms with Crippen LogP contribution in [0.5, 0.6) is 0 Å². The molecule has 0 atom stereocenters. The van der Waals surface area contributed by atoms with Crippen LogP contribution in [-0.2, 0) is 0 Å². The van der Waals surface area contributed by atoms with E-state index >= 15 is 0 Å². The first-order valence-corrected chi connectivity index (χ1v) is 6.66. The Morgan fingerprint density at radius 2 is 1.95 bits per heavy atom. The van der Waals surface area contributed by atoms with E-state index in [9.17, 15) is 4.79 Å². The molecule has 0 saturated heterocycles. The van der Waals surface area contributed by atoms with Gasteiger partial charge in [0, 0.05) is 23.0 Å². The molecule has 2 heterocycles. The Morgan fingerprint density at radius 3 is 2.62 bits per heavy atom. The average Bonchev–Trinajstić information content (AvgIpc) is 2.92. The second-order valence-electron chi connectivity index (χ2n) is 4.52. The van der Waals surface area contributed by atoms with Gasteiger partial charge in [0.15, 0.2) is 12.0 Å². The maximum atomic E-state index is 11.2. The van der Waals surface area contributed by atoms with E-state index < -0.39 is 0 Å². The summed E-state index contributed by atoms with van der Waals surface area (Å²) in [6, 6.07) is 9.10. The van der Waals surface area contributed by atoms with Crippen molar-refractivity contribution < 1.29 is 4.79 Å². The highest BCUT2D eigenvalue weighted by Crippen LogP contribution is 2.26. The van der Waals surface area contributed by atoms with E-state index in [0.29, 0.717) is 17.0 Å². The number of benzene rings is 1. The van der Waals surface area contributed by atoms with Crippen LogP contribution in [0.2, 0.25) is 5.02 Å². The van der Waals surface area contributed by atoms with Gasteiger partial charge < -0.3 is 0 Å². The first-order valence-electron chi connectivity index (χ1n) is 6.28. The minimum atomic E-state index is 0.288. The van der Waals surface area contributed by atoms with Gasteiger partial charge in [-0.05, 0) is 42.8 Å². The third kappa shape index (κ3) is 2.43. The van der Waals surface area contributed by atoms with Crippen LogP contribution in [0, 0.1) is 6.92 Å². The van der Waals surface area contributed by atoms with Crippen LogP contribution < -0.4 is 0 Å². The third-order valence-corrected chi connectivity index (χ3v) is 3.38. The van der Waals surface area contributed by atoms with Crippen molar-refractivity contribution in [2.75, 3.05) is 0 Å². The molecule has 0 N–H and O–H groups in total. The first-order chi connectivity index (χ1) is 10.2. The number of aryl methyl sites for hydroxylation is 1. The van der Waals surface area contributed by atoms with Gasteiger partial charge in [-0.1, -0.05) is 16.8 Å². The molecule has 3 rings (SSSR count). The van der Waals surface area contributed by atoms with E-state index in [0.717, 1.165) is 16.8 Å². The maximum absolute atomic E-state index is 11.2. The van der Waals surface area contributed by atoms with Crippen molar-refractivity contribution in [3.05, 3.63) is 59.0 Å². The van der Waals surface area contributed by atoms with Gasteiger partial charge in [-0.25, -0.2) is 4.68 Å². The van der Waals surface area contributed by atoms with Crippen LogP contribution in [0.4, 0.5) is 0 Å². The molecule has 0 fully saturated rings. The normalized spacial score (nSPS) is 10.6. The molecular weight excluding hydrogens is 288 g/mol. The number of carbonyl (C=O) groups is 1. The monoisotopic (exact) mass is 298 g/mol. The Kier molecular flexibility index (Phi) is 3.50. The van der Waals surface area contributed by atoms with E-state index in [1.807, 2.05) is 31.2 Å². The molecule has 6 heteroatoms. The number of hydrogen-bond acceptors (Lipinski definition) is 4. The van der Waals surface area contributed by atoms with Gasteiger partial charge in [0.05, 0.1) is 5.69 Å². The summed E-state index contributed by atoms with van der Waals surface area (Å²) in [5.74, 6) is 0. The number of rotatable bonds is 3. The molecule has 2 aromatic heterocycles. The summed E-state index contributed by atoms with van der Waals surface area (Å²) in [5, 5.41) is 8.69. The number of nitrogens with zero attached hydrogens (tertiary/aromatic N) is 4. The summed E-state index contributed by atoms with van der Waals surface area (Å²) in [6.45, 7) is 1.93. The lowest BCUT2D eigenvalue weighted by Crippen LogP contribution is -2.02. The number of pyridine rings is 1. The molecule has 0 bridgehead atoms. The Morgan fingerprint density at radius 1 is 1.19 bits per heavy atom. The van der Waals surface area contributed by atoms with Gasteiger partial charge in [-0.15, -0.1) is 5.10 Å². The Balaban J connectivity index is 2.25. The fourth-order valence-electron chi connectivity index (χ4n) is 2.18. The molecule has 0 amide bonds. The quantitative estimate of drug-likeness (QED) is 0.697. The highest BCUT2D eigenvalue weighted by Gasteiger charge is 2.16. The standard InChI is InChI=1S/C15H11ClN4O/c1-10-8-12(16)2-3-14(10)20-15(13(9-21)18-19-20)11-4-6-17-7-5-11/h2-9H,1H3. The molecule has 0 aliphatic heterocycles. The zero-order valence-electron chi connectivity index (χ0n) is 11.2. The molecule has 0 aliphatic carbocycles. The smallest absolute Gasteiger partial charge is 0.172 e. The van der Waals surface area contributed by atoms with Crippen LogP contribution >= 0.6 is 11.6 Å². The molecular formula is C15H11ClN4O. The van der Waals surface area contributed by atoms with Gasteiger partial charge in [-0.2, -0.15) is 0 Å². The number of halogens is 1. The second-order valence-corrected chi connectivity index (χ2v) is 4.96. The molecule has 0 radical (unpaired) electrons. The molecule has 0 aliphatic rings. The minimum absolute atomic E-state index is 0.288. The van der Waals surface area contributed by atoms with Crippen molar-refractivity contribution >= 4 is 17.9 Å². The van der Waals surface area contributed by atoms with Crippen LogP contribution in [0.3, 0.4) is 0 Å². The third-order valence-electron chi connectivity index (χ3n) is 3.15. The van der Waals surface area contributed by atoms with Crippen LogP contribution in [0.15, 0.2) is 42.7 Å². The predicted molar refractivity (Wildman–Crippen MR) is 79.7 cm³/mol. The maximum Gasteiger partial charge on any atom is 0.172 e. The topological polar surface area (TPSA) is 60.7 Å². The van der Waals surface area contributed by atoms with Gasteiger partial charge in [-0.3, -0.25) is 9.78 Å². The van der Waals surface area contributed by atoms with Crippen molar-refractivity contribution in [2.24, 2.45) is 0 Å². The Bertz CT molecular complexity index is 799. The SMILES string of the molecule is Cc1cc(Cl)ccc1-n1nnc(C=O)c1-c1ccncc1. The average molecular weight is 299 g/mol. The van der Waals surface area contributed by atoms with E-state index in [1.165, 1.54) is 0 Å². The van der Waals surface area contributed by atoms with Gasteiger partial charge in [0.1, 0.15) is 5.69 Å². The van der Waals surface area contributed by atoms with Crippen molar-refractivity contribution in [1.29, 1.82) is 0 Å². The summed E-state index contributed by atoms with van der Waals surface area (Å²) in [5.41, 5.74) is 3.52. The number of aromatic nitrogens is 4. The fraction of sp³-hybridized carbons (Fsp3) is 0.0667. The second kappa shape index (κ2) is 5.46. The summed E-state index contributed by atoms with van der Waals surface area (Å²) in [6.07, 6.45) is 4.02. The Labute approximate surface area is 126 Å². The fourth-order valence-corrected chi connectivity index (χ4v) is 2.40.